The van der Waals surface area contributed by atoms with Gasteiger partial charge in [-0.15, -0.1) is 11.8 Å². The lowest BCUT2D eigenvalue weighted by atomic mass is 10.1. The minimum absolute atomic E-state index is 0.00845. The monoisotopic (exact) mass is 416 g/mol. The fourth-order valence-electron chi connectivity index (χ4n) is 2.80. The molecule has 0 fully saturated rings. The highest BCUT2D eigenvalue weighted by molar-refractivity contribution is 7.99. The first kappa shape index (κ1) is 22.9. The smallest absolute Gasteiger partial charge is 0.242 e. The number of benzene rings is 2. The van der Waals surface area contributed by atoms with Gasteiger partial charge in [0, 0.05) is 18.3 Å². The number of thioether (sulfide) groups is 1. The van der Waals surface area contributed by atoms with Crippen molar-refractivity contribution < 1.29 is 14.0 Å². The zero-order valence-electron chi connectivity index (χ0n) is 17.4. The fourth-order valence-corrected chi connectivity index (χ4v) is 3.67. The van der Waals surface area contributed by atoms with Crippen LogP contribution in [-0.2, 0) is 21.9 Å². The number of hydrogen-bond acceptors (Lipinski definition) is 3. The Balaban J connectivity index is 2.05. The maximum absolute atomic E-state index is 13.0. The summed E-state index contributed by atoms with van der Waals surface area (Å²) in [5.41, 5.74) is 3.09. The molecule has 1 atom stereocenters. The van der Waals surface area contributed by atoms with Gasteiger partial charge in [0.1, 0.15) is 11.9 Å². The molecule has 0 spiro atoms. The molecule has 0 bridgehead atoms. The summed E-state index contributed by atoms with van der Waals surface area (Å²) in [7, 11) is 0. The summed E-state index contributed by atoms with van der Waals surface area (Å²) in [6.07, 6.45) is 0. The maximum atomic E-state index is 13.0. The van der Waals surface area contributed by atoms with E-state index in [0.29, 0.717) is 12.3 Å². The van der Waals surface area contributed by atoms with Gasteiger partial charge in [-0.2, -0.15) is 0 Å². The first-order valence-electron chi connectivity index (χ1n) is 9.74. The third-order valence-corrected chi connectivity index (χ3v) is 5.47. The second-order valence-corrected chi connectivity index (χ2v) is 8.45. The van der Waals surface area contributed by atoms with Crippen LogP contribution < -0.4 is 5.32 Å². The lowest BCUT2D eigenvalue weighted by Crippen LogP contribution is -2.49. The molecule has 2 amide bonds. The van der Waals surface area contributed by atoms with Crippen LogP contribution >= 0.6 is 11.8 Å². The summed E-state index contributed by atoms with van der Waals surface area (Å²) < 4.78 is 13.0. The van der Waals surface area contributed by atoms with Gasteiger partial charge in [0.25, 0.3) is 0 Å². The predicted octanol–water partition coefficient (Wildman–Crippen LogP) is 4.31. The largest absolute Gasteiger partial charge is 0.352 e. The normalized spacial score (nSPS) is 11.9. The number of carbonyl (C=O) groups excluding carboxylic acids is 2. The minimum Gasteiger partial charge on any atom is -0.352 e. The van der Waals surface area contributed by atoms with Crippen LogP contribution in [0.3, 0.4) is 0 Å². The standard InChI is InChI=1S/C23H29FN2O2S/c1-16(2)25-23(28)18(4)26(13-19-7-5-17(3)6-8-19)22(27)15-29-14-20-9-11-21(24)12-10-20/h5-12,16,18H,13-15H2,1-4H3,(H,25,28)/t18-/m1/s1. The molecule has 1 N–H and O–H groups in total. The van der Waals surface area contributed by atoms with E-state index in [-0.39, 0.29) is 29.4 Å². The van der Waals surface area contributed by atoms with Gasteiger partial charge < -0.3 is 10.2 Å². The zero-order valence-corrected chi connectivity index (χ0v) is 18.3. The van der Waals surface area contributed by atoms with Crippen molar-refractivity contribution in [3.8, 4) is 0 Å². The van der Waals surface area contributed by atoms with Gasteiger partial charge in [-0.25, -0.2) is 4.39 Å². The molecule has 0 saturated carbocycles. The SMILES string of the molecule is Cc1ccc(CN(C(=O)CSCc2ccc(F)cc2)[C@H](C)C(=O)NC(C)C)cc1. The predicted molar refractivity (Wildman–Crippen MR) is 117 cm³/mol. The number of rotatable bonds is 9. The van der Waals surface area contributed by atoms with Gasteiger partial charge in [-0.05, 0) is 51.0 Å². The summed E-state index contributed by atoms with van der Waals surface area (Å²) in [6.45, 7) is 7.94. The summed E-state index contributed by atoms with van der Waals surface area (Å²) in [4.78, 5) is 27.1. The Hall–Kier alpha value is -2.34. The molecule has 156 valence electrons. The highest BCUT2D eigenvalue weighted by Gasteiger charge is 2.26. The van der Waals surface area contributed by atoms with Crippen molar-refractivity contribution in [3.05, 3.63) is 71.0 Å². The molecular weight excluding hydrogens is 387 g/mol. The Kier molecular flexibility index (Phi) is 8.70. The van der Waals surface area contributed by atoms with E-state index in [4.69, 9.17) is 0 Å². The quantitative estimate of drug-likeness (QED) is 0.663. The van der Waals surface area contributed by atoms with Crippen LogP contribution in [0.4, 0.5) is 4.39 Å². The van der Waals surface area contributed by atoms with Gasteiger partial charge in [-0.1, -0.05) is 42.0 Å². The van der Waals surface area contributed by atoms with Crippen LogP contribution in [0.15, 0.2) is 48.5 Å². The van der Waals surface area contributed by atoms with Gasteiger partial charge in [0.15, 0.2) is 0 Å². The molecule has 0 aliphatic heterocycles. The van der Waals surface area contributed by atoms with E-state index in [1.807, 2.05) is 45.0 Å². The van der Waals surface area contributed by atoms with Crippen LogP contribution in [0, 0.1) is 12.7 Å². The Morgan fingerprint density at radius 3 is 2.17 bits per heavy atom. The number of aryl methyl sites for hydroxylation is 1. The number of halogens is 1. The summed E-state index contributed by atoms with van der Waals surface area (Å²) in [6, 6.07) is 13.7. The Morgan fingerprint density at radius 1 is 1.00 bits per heavy atom. The molecule has 0 saturated heterocycles. The molecule has 0 unspecified atom stereocenters. The van der Waals surface area contributed by atoms with Crippen molar-refractivity contribution in [2.24, 2.45) is 0 Å². The molecule has 0 heterocycles. The lowest BCUT2D eigenvalue weighted by molar-refractivity contribution is -0.138. The molecule has 4 nitrogen and oxygen atoms in total. The summed E-state index contributed by atoms with van der Waals surface area (Å²) in [5, 5.41) is 2.88. The molecule has 0 radical (unpaired) electrons. The lowest BCUT2D eigenvalue weighted by Gasteiger charge is -2.29. The minimum atomic E-state index is -0.572. The number of carbonyl (C=O) groups is 2. The van der Waals surface area contributed by atoms with Crippen LogP contribution in [0.25, 0.3) is 0 Å². The third-order valence-electron chi connectivity index (χ3n) is 4.48. The second-order valence-electron chi connectivity index (χ2n) is 7.47. The van der Waals surface area contributed by atoms with Gasteiger partial charge in [0.05, 0.1) is 5.75 Å². The molecule has 0 aliphatic carbocycles. The van der Waals surface area contributed by atoms with Gasteiger partial charge >= 0.3 is 0 Å². The highest BCUT2D eigenvalue weighted by Crippen LogP contribution is 2.17. The van der Waals surface area contributed by atoms with Crippen molar-refractivity contribution in [3.63, 3.8) is 0 Å². The molecule has 2 rings (SSSR count). The molecule has 0 aliphatic rings. The first-order valence-corrected chi connectivity index (χ1v) is 10.9. The first-order chi connectivity index (χ1) is 13.8. The van der Waals surface area contributed by atoms with Gasteiger partial charge in [0.2, 0.25) is 11.8 Å². The molecule has 0 aromatic heterocycles. The van der Waals surface area contributed by atoms with E-state index in [9.17, 15) is 14.0 Å². The molecule has 2 aromatic rings. The van der Waals surface area contributed by atoms with E-state index in [1.165, 1.54) is 23.9 Å². The van der Waals surface area contributed by atoms with E-state index in [2.05, 4.69) is 5.32 Å². The Bertz CT molecular complexity index is 807. The Morgan fingerprint density at radius 2 is 1.59 bits per heavy atom. The van der Waals surface area contributed by atoms with E-state index in [1.54, 1.807) is 24.0 Å². The van der Waals surface area contributed by atoms with Crippen LogP contribution in [0.5, 0.6) is 0 Å². The van der Waals surface area contributed by atoms with Crippen LogP contribution in [0.2, 0.25) is 0 Å². The fraction of sp³-hybridized carbons (Fsp3) is 0.391. The molecule has 2 aromatic carbocycles. The van der Waals surface area contributed by atoms with Crippen molar-refractivity contribution in [2.75, 3.05) is 5.75 Å². The molecule has 29 heavy (non-hydrogen) atoms. The van der Waals surface area contributed by atoms with Gasteiger partial charge in [-0.3, -0.25) is 9.59 Å². The Labute approximate surface area is 176 Å². The number of amides is 2. The highest BCUT2D eigenvalue weighted by atomic mass is 32.2. The van der Waals surface area contributed by atoms with Crippen molar-refractivity contribution in [1.29, 1.82) is 0 Å². The zero-order chi connectivity index (χ0) is 21.4. The molecular formula is C23H29FN2O2S. The summed E-state index contributed by atoms with van der Waals surface area (Å²) in [5.74, 6) is 0.330. The van der Waals surface area contributed by atoms with E-state index >= 15 is 0 Å². The number of nitrogens with one attached hydrogen (secondary N) is 1. The van der Waals surface area contributed by atoms with Crippen molar-refractivity contribution in [1.82, 2.24) is 10.2 Å². The van der Waals surface area contributed by atoms with Crippen LogP contribution in [-0.4, -0.2) is 34.6 Å². The summed E-state index contributed by atoms with van der Waals surface area (Å²) >= 11 is 1.46. The van der Waals surface area contributed by atoms with Crippen molar-refractivity contribution >= 4 is 23.6 Å². The topological polar surface area (TPSA) is 49.4 Å². The maximum Gasteiger partial charge on any atom is 0.242 e. The average Bonchev–Trinajstić information content (AvgIpc) is 2.68. The van der Waals surface area contributed by atoms with E-state index < -0.39 is 6.04 Å². The second kappa shape index (κ2) is 11.0. The third kappa shape index (κ3) is 7.54. The number of hydrogen-bond donors (Lipinski definition) is 1. The van der Waals surface area contributed by atoms with Crippen molar-refractivity contribution in [2.45, 2.75) is 52.1 Å². The average molecular weight is 417 g/mol. The molecule has 6 heteroatoms. The van der Waals surface area contributed by atoms with Crippen LogP contribution in [0.1, 0.15) is 37.5 Å². The van der Waals surface area contributed by atoms with E-state index in [0.717, 1.165) is 16.7 Å². The number of nitrogens with zero attached hydrogens (tertiary/aromatic N) is 1.